The van der Waals surface area contributed by atoms with Gasteiger partial charge in [0.1, 0.15) is 13.2 Å². The van der Waals surface area contributed by atoms with Gasteiger partial charge >= 0.3 is 17.9 Å². The maximum Gasteiger partial charge on any atom is 0.306 e. The summed E-state index contributed by atoms with van der Waals surface area (Å²) in [6.45, 7) is 6.50. The molecule has 0 radical (unpaired) electrons. The highest BCUT2D eigenvalue weighted by Crippen LogP contribution is 2.16. The number of esters is 3. The first kappa shape index (κ1) is 72.3. The summed E-state index contributed by atoms with van der Waals surface area (Å²) in [6, 6.07) is 0. The van der Waals surface area contributed by atoms with Gasteiger partial charge in [-0.1, -0.05) is 285 Å². The van der Waals surface area contributed by atoms with Crippen molar-refractivity contribution in [2.45, 2.75) is 316 Å². The molecule has 0 spiro atoms. The molecule has 0 aliphatic rings. The van der Waals surface area contributed by atoms with Gasteiger partial charge in [0.05, 0.1) is 0 Å². The van der Waals surface area contributed by atoms with Crippen LogP contribution in [-0.2, 0) is 28.6 Å². The van der Waals surface area contributed by atoms with Gasteiger partial charge in [-0.15, -0.1) is 0 Å². The molecular weight excluding hydrogens is 937 g/mol. The smallest absolute Gasteiger partial charge is 0.306 e. The number of hydrogen-bond acceptors (Lipinski definition) is 6. The van der Waals surface area contributed by atoms with Crippen molar-refractivity contribution in [1.29, 1.82) is 0 Å². The van der Waals surface area contributed by atoms with Gasteiger partial charge in [0.25, 0.3) is 0 Å². The molecule has 6 nitrogen and oxygen atoms in total. The van der Waals surface area contributed by atoms with Crippen molar-refractivity contribution >= 4 is 17.9 Å². The van der Waals surface area contributed by atoms with Crippen LogP contribution in [0.3, 0.4) is 0 Å². The zero-order chi connectivity index (χ0) is 55.0. The number of carbonyl (C=O) groups excluding carboxylic acids is 3. The minimum atomic E-state index is -0.778. The molecule has 1 atom stereocenters. The van der Waals surface area contributed by atoms with Gasteiger partial charge in [-0.2, -0.15) is 0 Å². The van der Waals surface area contributed by atoms with Crippen LogP contribution in [0.1, 0.15) is 310 Å². The van der Waals surface area contributed by atoms with Gasteiger partial charge in [-0.25, -0.2) is 0 Å². The van der Waals surface area contributed by atoms with E-state index in [0.717, 1.165) is 116 Å². The van der Waals surface area contributed by atoms with E-state index in [2.05, 4.69) is 118 Å². The van der Waals surface area contributed by atoms with E-state index < -0.39 is 6.10 Å². The van der Waals surface area contributed by atoms with E-state index in [1.54, 1.807) is 0 Å². The van der Waals surface area contributed by atoms with E-state index in [1.165, 1.54) is 154 Å². The Bertz CT molecular complexity index is 1490. The zero-order valence-electron chi connectivity index (χ0n) is 50.0. The Kier molecular flexibility index (Phi) is 60.8. The predicted octanol–water partition coefficient (Wildman–Crippen LogP) is 22.0. The first-order valence-electron chi connectivity index (χ1n) is 32.2. The van der Waals surface area contributed by atoms with Gasteiger partial charge in [0.15, 0.2) is 6.10 Å². The molecular formula is C70H120O6. The molecule has 0 amide bonds. The molecule has 76 heavy (non-hydrogen) atoms. The molecule has 0 aliphatic carbocycles. The summed E-state index contributed by atoms with van der Waals surface area (Å²) < 4.78 is 16.9. The minimum absolute atomic E-state index is 0.0764. The third kappa shape index (κ3) is 61.2. The molecule has 0 aromatic heterocycles. The lowest BCUT2D eigenvalue weighted by molar-refractivity contribution is -0.167. The lowest BCUT2D eigenvalue weighted by Crippen LogP contribution is -2.30. The third-order valence-electron chi connectivity index (χ3n) is 13.8. The van der Waals surface area contributed by atoms with Crippen LogP contribution in [-0.4, -0.2) is 37.2 Å². The highest BCUT2D eigenvalue weighted by Gasteiger charge is 2.19. The van der Waals surface area contributed by atoms with Crippen molar-refractivity contribution in [2.24, 2.45) is 0 Å². The minimum Gasteiger partial charge on any atom is -0.462 e. The van der Waals surface area contributed by atoms with E-state index in [-0.39, 0.29) is 31.1 Å². The molecule has 0 saturated carbocycles. The van der Waals surface area contributed by atoms with E-state index in [4.69, 9.17) is 14.2 Å². The SMILES string of the molecule is CC/C=C\C/C=C\C/C=C\C/C=C\C/C=C\C/C=C\C/C=C\CCCCCCCCCCCCCCCC(=O)OCC(COC(=O)CCCCCCCCCCCCC)OC(=O)CCCCCCC/C=C\CCCCC. The molecule has 6 heteroatoms. The molecule has 0 saturated heterocycles. The Morgan fingerprint density at radius 2 is 0.513 bits per heavy atom. The standard InChI is InChI=1S/C70H120O6/c1-4-7-10-13-16-19-22-24-25-26-27-28-29-30-31-32-33-34-35-36-37-38-39-40-41-42-43-44-45-46-49-51-54-57-60-63-69(72)75-66-67(65-74-68(71)62-59-56-53-50-47-21-18-15-12-9-6-3)76-70(73)64-61-58-55-52-48-23-20-17-14-11-8-5-2/h7,10,16-17,19-20,24-25,27-28,30-31,33-34,36-37,67H,4-6,8-9,11-15,18,21-23,26,29,32,35,38-66H2,1-3H3/b10-7-,19-16-,20-17-,25-24-,28-27-,31-30-,34-33-,37-36-. The Hall–Kier alpha value is -3.67. The Morgan fingerprint density at radius 3 is 0.842 bits per heavy atom. The van der Waals surface area contributed by atoms with Crippen LogP contribution in [0.5, 0.6) is 0 Å². The van der Waals surface area contributed by atoms with Crippen LogP contribution in [0.4, 0.5) is 0 Å². The van der Waals surface area contributed by atoms with Gasteiger partial charge in [0.2, 0.25) is 0 Å². The normalized spacial score (nSPS) is 12.7. The van der Waals surface area contributed by atoms with Crippen LogP contribution in [0, 0.1) is 0 Å². The number of unbranched alkanes of at least 4 members (excludes halogenated alkanes) is 31. The quantitative estimate of drug-likeness (QED) is 0.0261. The Balaban J connectivity index is 4.09. The molecule has 436 valence electrons. The fraction of sp³-hybridized carbons (Fsp3) is 0.729. The lowest BCUT2D eigenvalue weighted by Gasteiger charge is -2.18. The zero-order valence-corrected chi connectivity index (χ0v) is 50.0. The summed E-state index contributed by atoms with van der Waals surface area (Å²) in [7, 11) is 0. The molecule has 0 bridgehead atoms. The molecule has 0 aromatic carbocycles. The summed E-state index contributed by atoms with van der Waals surface area (Å²) in [6.07, 6.45) is 85.7. The monoisotopic (exact) mass is 1060 g/mol. The van der Waals surface area contributed by atoms with Crippen molar-refractivity contribution in [3.63, 3.8) is 0 Å². The van der Waals surface area contributed by atoms with Crippen molar-refractivity contribution in [3.8, 4) is 0 Å². The van der Waals surface area contributed by atoms with Crippen molar-refractivity contribution in [3.05, 3.63) is 97.2 Å². The van der Waals surface area contributed by atoms with Crippen LogP contribution in [0.25, 0.3) is 0 Å². The molecule has 0 aromatic rings. The van der Waals surface area contributed by atoms with E-state index in [1.807, 2.05) is 0 Å². The van der Waals surface area contributed by atoms with Crippen LogP contribution >= 0.6 is 0 Å². The summed E-state index contributed by atoms with van der Waals surface area (Å²) in [5, 5.41) is 0. The fourth-order valence-corrected chi connectivity index (χ4v) is 9.01. The van der Waals surface area contributed by atoms with E-state index in [0.29, 0.717) is 19.3 Å². The molecule has 0 heterocycles. The molecule has 0 N–H and O–H groups in total. The van der Waals surface area contributed by atoms with Gasteiger partial charge in [-0.3, -0.25) is 14.4 Å². The molecule has 1 unspecified atom stereocenters. The van der Waals surface area contributed by atoms with Crippen LogP contribution < -0.4 is 0 Å². The molecule has 0 rings (SSSR count). The van der Waals surface area contributed by atoms with E-state index in [9.17, 15) is 14.4 Å². The van der Waals surface area contributed by atoms with Gasteiger partial charge in [-0.05, 0) is 103 Å². The number of hydrogen-bond donors (Lipinski definition) is 0. The topological polar surface area (TPSA) is 78.9 Å². The maximum atomic E-state index is 12.8. The highest BCUT2D eigenvalue weighted by atomic mass is 16.6. The maximum absolute atomic E-state index is 12.8. The summed E-state index contributed by atoms with van der Waals surface area (Å²) in [5.41, 5.74) is 0. The summed E-state index contributed by atoms with van der Waals surface area (Å²) >= 11 is 0. The number of ether oxygens (including phenoxy) is 3. The Labute approximate surface area is 470 Å². The van der Waals surface area contributed by atoms with Crippen molar-refractivity contribution in [2.75, 3.05) is 13.2 Å². The lowest BCUT2D eigenvalue weighted by atomic mass is 10.0. The molecule has 0 aliphatic heterocycles. The van der Waals surface area contributed by atoms with Crippen LogP contribution in [0.2, 0.25) is 0 Å². The van der Waals surface area contributed by atoms with Crippen molar-refractivity contribution < 1.29 is 28.6 Å². The Morgan fingerprint density at radius 1 is 0.276 bits per heavy atom. The second kappa shape index (κ2) is 63.9. The largest absolute Gasteiger partial charge is 0.462 e. The predicted molar refractivity (Wildman–Crippen MR) is 330 cm³/mol. The summed E-state index contributed by atoms with van der Waals surface area (Å²) in [4.78, 5) is 38.1. The summed E-state index contributed by atoms with van der Waals surface area (Å²) in [5.74, 6) is -0.879. The van der Waals surface area contributed by atoms with Gasteiger partial charge < -0.3 is 14.2 Å². The third-order valence-corrected chi connectivity index (χ3v) is 13.8. The first-order chi connectivity index (χ1) is 37.5. The number of allylic oxidation sites excluding steroid dienone is 16. The molecule has 0 fully saturated rings. The fourth-order valence-electron chi connectivity index (χ4n) is 9.01. The van der Waals surface area contributed by atoms with Crippen LogP contribution in [0.15, 0.2) is 97.2 Å². The van der Waals surface area contributed by atoms with E-state index >= 15 is 0 Å². The first-order valence-corrected chi connectivity index (χ1v) is 32.2. The number of rotatable bonds is 58. The van der Waals surface area contributed by atoms with Crippen molar-refractivity contribution in [1.82, 2.24) is 0 Å². The van der Waals surface area contributed by atoms with Gasteiger partial charge in [0, 0.05) is 19.3 Å². The average molecular weight is 1060 g/mol. The highest BCUT2D eigenvalue weighted by molar-refractivity contribution is 5.71. The average Bonchev–Trinajstić information content (AvgIpc) is 3.42. The number of carbonyl (C=O) groups is 3. The second-order valence-corrected chi connectivity index (χ2v) is 21.3. The second-order valence-electron chi connectivity index (χ2n) is 21.3.